The van der Waals surface area contributed by atoms with E-state index in [4.69, 9.17) is 16.6 Å². The number of amides is 3. The van der Waals surface area contributed by atoms with Gasteiger partial charge in [0.2, 0.25) is 17.7 Å². The quantitative estimate of drug-likeness (QED) is 0.140. The SMILES string of the molecule is NCCCCC(NC(=O)C(CCC(=O)O)NC(=O)C1CCCN1C(=O)C(N)Cc1ccc(O)cc1)C(=O)O. The standard InChI is InChI=1S/C25H37N5O8/c26-12-2-1-4-19(25(37)38)29-22(34)18(10-11-21(32)33)28-23(35)20-5-3-13-30(20)24(36)17(27)14-15-6-8-16(31)9-7-15/h6-9,17-20,31H,1-5,10-14,26-27H2,(H,28,35)(H,29,34)(H,32,33)(H,37,38). The van der Waals surface area contributed by atoms with Gasteiger partial charge in [0.05, 0.1) is 6.04 Å². The summed E-state index contributed by atoms with van der Waals surface area (Å²) in [5.41, 5.74) is 12.3. The molecule has 0 bridgehead atoms. The van der Waals surface area contributed by atoms with Crippen LogP contribution in [0.15, 0.2) is 24.3 Å². The lowest BCUT2D eigenvalue weighted by atomic mass is 10.0. The molecule has 1 aliphatic rings. The molecule has 1 saturated heterocycles. The summed E-state index contributed by atoms with van der Waals surface area (Å²) in [5.74, 6) is -4.28. The van der Waals surface area contributed by atoms with Crippen molar-refractivity contribution in [2.45, 2.75) is 75.5 Å². The predicted octanol–water partition coefficient (Wildman–Crippen LogP) is -0.699. The van der Waals surface area contributed by atoms with Crippen LogP contribution in [0.2, 0.25) is 0 Å². The molecule has 0 spiro atoms. The number of likely N-dealkylation sites (tertiary alicyclic amines) is 1. The van der Waals surface area contributed by atoms with Crippen LogP contribution in [0, 0.1) is 0 Å². The average molecular weight is 536 g/mol. The predicted molar refractivity (Wildman–Crippen MR) is 136 cm³/mol. The molecule has 13 heteroatoms. The van der Waals surface area contributed by atoms with Crippen molar-refractivity contribution in [2.24, 2.45) is 11.5 Å². The van der Waals surface area contributed by atoms with Crippen LogP contribution < -0.4 is 22.1 Å². The first-order chi connectivity index (χ1) is 18.0. The van der Waals surface area contributed by atoms with E-state index in [2.05, 4.69) is 10.6 Å². The summed E-state index contributed by atoms with van der Waals surface area (Å²) < 4.78 is 0. The molecule has 210 valence electrons. The number of aliphatic carboxylic acids is 2. The molecule has 3 amide bonds. The Morgan fingerprint density at radius 2 is 1.68 bits per heavy atom. The van der Waals surface area contributed by atoms with Gasteiger partial charge in [-0.05, 0) is 69.2 Å². The number of carbonyl (C=O) groups is 5. The average Bonchev–Trinajstić information content (AvgIpc) is 3.36. The summed E-state index contributed by atoms with van der Waals surface area (Å²) in [7, 11) is 0. The first kappa shape index (κ1) is 30.5. The van der Waals surface area contributed by atoms with Gasteiger partial charge in [0.25, 0.3) is 0 Å². The largest absolute Gasteiger partial charge is 0.508 e. The van der Waals surface area contributed by atoms with E-state index < -0.39 is 60.2 Å². The highest BCUT2D eigenvalue weighted by molar-refractivity contribution is 5.94. The fraction of sp³-hybridized carbons (Fsp3) is 0.560. The number of hydrogen-bond donors (Lipinski definition) is 7. The van der Waals surface area contributed by atoms with Gasteiger partial charge in [-0.15, -0.1) is 0 Å². The van der Waals surface area contributed by atoms with Crippen LogP contribution in [0.5, 0.6) is 5.75 Å². The molecule has 1 aromatic carbocycles. The molecule has 0 radical (unpaired) electrons. The van der Waals surface area contributed by atoms with Gasteiger partial charge in [-0.25, -0.2) is 4.79 Å². The van der Waals surface area contributed by atoms with Gasteiger partial charge in [0, 0.05) is 13.0 Å². The maximum atomic E-state index is 13.1. The Balaban J connectivity index is 2.08. The van der Waals surface area contributed by atoms with Crippen molar-refractivity contribution in [2.75, 3.05) is 13.1 Å². The summed E-state index contributed by atoms with van der Waals surface area (Å²) in [6, 6.07) is 1.87. The Kier molecular flexibility index (Phi) is 12.0. The van der Waals surface area contributed by atoms with E-state index in [1.165, 1.54) is 17.0 Å². The van der Waals surface area contributed by atoms with Crippen LogP contribution in [0.3, 0.4) is 0 Å². The maximum Gasteiger partial charge on any atom is 0.326 e. The summed E-state index contributed by atoms with van der Waals surface area (Å²) in [6.07, 6.45) is 1.51. The zero-order valence-electron chi connectivity index (χ0n) is 21.2. The Hall–Kier alpha value is -3.71. The van der Waals surface area contributed by atoms with Crippen LogP contribution in [-0.2, 0) is 30.4 Å². The van der Waals surface area contributed by atoms with Crippen molar-refractivity contribution in [3.8, 4) is 5.75 Å². The van der Waals surface area contributed by atoms with Crippen molar-refractivity contribution in [3.05, 3.63) is 29.8 Å². The number of rotatable bonds is 15. The van der Waals surface area contributed by atoms with Crippen molar-refractivity contribution < 1.29 is 39.3 Å². The molecule has 4 atom stereocenters. The molecule has 0 saturated carbocycles. The molecule has 1 fully saturated rings. The highest BCUT2D eigenvalue weighted by atomic mass is 16.4. The van der Waals surface area contributed by atoms with Gasteiger partial charge in [-0.3, -0.25) is 19.2 Å². The second-order valence-electron chi connectivity index (χ2n) is 9.34. The lowest BCUT2D eigenvalue weighted by molar-refractivity contribution is -0.144. The molecule has 13 nitrogen and oxygen atoms in total. The molecule has 1 aromatic rings. The van der Waals surface area contributed by atoms with E-state index >= 15 is 0 Å². The van der Waals surface area contributed by atoms with Crippen LogP contribution in [0.4, 0.5) is 0 Å². The Morgan fingerprint density at radius 3 is 2.29 bits per heavy atom. The van der Waals surface area contributed by atoms with Gasteiger partial charge in [0.15, 0.2) is 0 Å². The number of carboxylic acids is 2. The fourth-order valence-electron chi connectivity index (χ4n) is 4.32. The molecule has 1 heterocycles. The zero-order chi connectivity index (χ0) is 28.2. The normalized spacial score (nSPS) is 17.3. The number of phenolic OH excluding ortho intramolecular Hbond substituents is 1. The number of nitrogens with zero attached hydrogens (tertiary/aromatic N) is 1. The van der Waals surface area contributed by atoms with Crippen LogP contribution in [0.1, 0.15) is 50.5 Å². The molecule has 2 rings (SSSR count). The maximum absolute atomic E-state index is 13.1. The van der Waals surface area contributed by atoms with Gasteiger partial charge >= 0.3 is 11.9 Å². The molecule has 4 unspecified atom stereocenters. The zero-order valence-corrected chi connectivity index (χ0v) is 21.2. The van der Waals surface area contributed by atoms with Crippen LogP contribution in [0.25, 0.3) is 0 Å². The number of unbranched alkanes of at least 4 members (excludes halogenated alkanes) is 1. The van der Waals surface area contributed by atoms with Crippen molar-refractivity contribution in [1.29, 1.82) is 0 Å². The third kappa shape index (κ3) is 9.30. The van der Waals surface area contributed by atoms with E-state index in [-0.39, 0.29) is 31.6 Å². The Morgan fingerprint density at radius 1 is 1.00 bits per heavy atom. The first-order valence-electron chi connectivity index (χ1n) is 12.6. The monoisotopic (exact) mass is 535 g/mol. The second kappa shape index (κ2) is 14.9. The number of nitrogens with one attached hydrogen (secondary N) is 2. The minimum atomic E-state index is -1.31. The molecule has 0 aliphatic carbocycles. The second-order valence-corrected chi connectivity index (χ2v) is 9.34. The third-order valence-electron chi connectivity index (χ3n) is 6.39. The van der Waals surface area contributed by atoms with E-state index in [1.807, 2.05) is 0 Å². The van der Waals surface area contributed by atoms with Crippen molar-refractivity contribution in [3.63, 3.8) is 0 Å². The molecule has 9 N–H and O–H groups in total. The minimum Gasteiger partial charge on any atom is -0.508 e. The Labute approximate surface area is 220 Å². The fourth-order valence-corrected chi connectivity index (χ4v) is 4.32. The lowest BCUT2D eigenvalue weighted by Gasteiger charge is -2.28. The van der Waals surface area contributed by atoms with E-state index in [0.717, 1.165) is 5.56 Å². The van der Waals surface area contributed by atoms with Gasteiger partial charge in [-0.2, -0.15) is 0 Å². The number of phenols is 1. The number of hydrogen-bond acceptors (Lipinski definition) is 8. The van der Waals surface area contributed by atoms with E-state index in [9.17, 15) is 34.2 Å². The van der Waals surface area contributed by atoms with Gasteiger partial charge < -0.3 is 42.3 Å². The number of carboxylic acid groups (broad SMARTS) is 2. The van der Waals surface area contributed by atoms with Crippen molar-refractivity contribution in [1.82, 2.24) is 15.5 Å². The number of benzene rings is 1. The van der Waals surface area contributed by atoms with Crippen molar-refractivity contribution >= 4 is 29.7 Å². The third-order valence-corrected chi connectivity index (χ3v) is 6.39. The van der Waals surface area contributed by atoms with Gasteiger partial charge in [0.1, 0.15) is 23.9 Å². The number of carbonyl (C=O) groups excluding carboxylic acids is 3. The molecule has 1 aliphatic heterocycles. The summed E-state index contributed by atoms with van der Waals surface area (Å²) >= 11 is 0. The highest BCUT2D eigenvalue weighted by Gasteiger charge is 2.38. The summed E-state index contributed by atoms with van der Waals surface area (Å²) in [6.45, 7) is 0.654. The van der Waals surface area contributed by atoms with Crippen LogP contribution >= 0.6 is 0 Å². The summed E-state index contributed by atoms with van der Waals surface area (Å²) in [5, 5.41) is 32.8. The molecular weight excluding hydrogens is 498 g/mol. The number of aromatic hydroxyl groups is 1. The molecular formula is C25H37N5O8. The topological polar surface area (TPSA) is 225 Å². The molecule has 0 aromatic heterocycles. The highest BCUT2D eigenvalue weighted by Crippen LogP contribution is 2.20. The number of nitrogens with two attached hydrogens (primary N) is 2. The lowest BCUT2D eigenvalue weighted by Crippen LogP contribution is -2.56. The minimum absolute atomic E-state index is 0.0802. The van der Waals surface area contributed by atoms with Crippen LogP contribution in [-0.4, -0.2) is 87.1 Å². The summed E-state index contributed by atoms with van der Waals surface area (Å²) in [4.78, 5) is 63.1. The molecule has 38 heavy (non-hydrogen) atoms. The van der Waals surface area contributed by atoms with E-state index in [0.29, 0.717) is 32.2 Å². The smallest absolute Gasteiger partial charge is 0.326 e. The van der Waals surface area contributed by atoms with E-state index in [1.54, 1.807) is 12.1 Å². The first-order valence-corrected chi connectivity index (χ1v) is 12.6. The Bertz CT molecular complexity index is 986. The van der Waals surface area contributed by atoms with Gasteiger partial charge in [-0.1, -0.05) is 12.1 Å².